The zero-order chi connectivity index (χ0) is 24.4. The van der Waals surface area contributed by atoms with Gasteiger partial charge in [0, 0.05) is 25.2 Å². The first kappa shape index (κ1) is 24.0. The van der Waals surface area contributed by atoms with Crippen LogP contribution in [0.15, 0.2) is 60.0 Å². The van der Waals surface area contributed by atoms with Gasteiger partial charge in [-0.25, -0.2) is 17.8 Å². The molecule has 5 rings (SSSR count). The van der Waals surface area contributed by atoms with Crippen molar-refractivity contribution in [3.63, 3.8) is 0 Å². The molecule has 1 aromatic heterocycles. The van der Waals surface area contributed by atoms with Gasteiger partial charge in [0.1, 0.15) is 11.6 Å². The predicted molar refractivity (Wildman–Crippen MR) is 133 cm³/mol. The first-order valence-electron chi connectivity index (χ1n) is 12.3. The van der Waals surface area contributed by atoms with E-state index in [2.05, 4.69) is 22.0 Å². The lowest BCUT2D eigenvalue weighted by Gasteiger charge is -2.45. The number of imidazole rings is 1. The molecule has 1 fully saturated rings. The number of halogens is 1. The van der Waals surface area contributed by atoms with Crippen LogP contribution in [0.1, 0.15) is 41.9 Å². The molecule has 3 aromatic rings. The predicted octanol–water partition coefficient (Wildman–Crippen LogP) is 4.15. The minimum Gasteiger partial charge on any atom is -0.494 e. The standard InChI is InChI=1S/C27H32FN3O3S/c1-30-18-27(29-19-30)35(32,33)14-4-13-34-23-9-7-21-8-10-26(31-11-3-12-31)25(24(21)17-23)16-20-5-2-6-22(28)15-20/h2,5-7,9,15,17-19,25-26H,3-4,8,10-14,16H2,1H3. The number of benzene rings is 2. The average Bonchev–Trinajstić information content (AvgIpc) is 3.24. The van der Waals surface area contributed by atoms with Gasteiger partial charge in [0.25, 0.3) is 0 Å². The van der Waals surface area contributed by atoms with E-state index in [9.17, 15) is 12.8 Å². The Balaban J connectivity index is 1.29. The van der Waals surface area contributed by atoms with E-state index in [1.165, 1.54) is 36.1 Å². The van der Waals surface area contributed by atoms with E-state index in [1.54, 1.807) is 23.7 Å². The summed E-state index contributed by atoms with van der Waals surface area (Å²) in [6.45, 7) is 2.57. The molecule has 6 nitrogen and oxygen atoms in total. The number of fused-ring (bicyclic) bond motifs is 1. The van der Waals surface area contributed by atoms with E-state index in [-0.39, 0.29) is 22.5 Å². The minimum atomic E-state index is -3.42. The Morgan fingerprint density at radius 3 is 2.74 bits per heavy atom. The number of hydrogen-bond donors (Lipinski definition) is 0. The van der Waals surface area contributed by atoms with Crippen molar-refractivity contribution < 1.29 is 17.5 Å². The molecule has 2 heterocycles. The maximum absolute atomic E-state index is 13.9. The average molecular weight is 498 g/mol. The number of sulfone groups is 1. The maximum Gasteiger partial charge on any atom is 0.197 e. The minimum absolute atomic E-state index is 0.00577. The molecular formula is C27H32FN3O3S. The summed E-state index contributed by atoms with van der Waals surface area (Å²) in [4.78, 5) is 6.52. The van der Waals surface area contributed by atoms with Crippen molar-refractivity contribution in [3.05, 3.63) is 77.5 Å². The monoisotopic (exact) mass is 497 g/mol. The van der Waals surface area contributed by atoms with Gasteiger partial charge in [0.2, 0.25) is 0 Å². The van der Waals surface area contributed by atoms with Crippen molar-refractivity contribution >= 4 is 9.84 Å². The van der Waals surface area contributed by atoms with Gasteiger partial charge in [0.05, 0.1) is 18.7 Å². The Morgan fingerprint density at radius 1 is 1.17 bits per heavy atom. The van der Waals surface area contributed by atoms with Gasteiger partial charge in [-0.15, -0.1) is 0 Å². The molecule has 0 amide bonds. The molecular weight excluding hydrogens is 465 g/mol. The fraction of sp³-hybridized carbons (Fsp3) is 0.444. The molecule has 0 N–H and O–H groups in total. The van der Waals surface area contributed by atoms with Crippen LogP contribution in [0.5, 0.6) is 5.75 Å². The van der Waals surface area contributed by atoms with Crippen LogP contribution in [0.25, 0.3) is 0 Å². The quantitative estimate of drug-likeness (QED) is 0.416. The third-order valence-corrected chi connectivity index (χ3v) is 8.90. The van der Waals surface area contributed by atoms with Crippen molar-refractivity contribution in [3.8, 4) is 5.75 Å². The molecule has 2 unspecified atom stereocenters. The van der Waals surface area contributed by atoms with Crippen molar-refractivity contribution in [2.45, 2.75) is 49.1 Å². The van der Waals surface area contributed by atoms with Crippen molar-refractivity contribution in [2.24, 2.45) is 7.05 Å². The largest absolute Gasteiger partial charge is 0.494 e. The second-order valence-electron chi connectivity index (χ2n) is 9.69. The summed E-state index contributed by atoms with van der Waals surface area (Å²) < 4.78 is 46.5. The first-order chi connectivity index (χ1) is 16.9. The lowest BCUT2D eigenvalue weighted by atomic mass is 9.75. The van der Waals surface area contributed by atoms with Crippen LogP contribution in [0.4, 0.5) is 4.39 Å². The Bertz CT molecular complexity index is 1290. The Labute approximate surface area is 206 Å². The summed E-state index contributed by atoms with van der Waals surface area (Å²) in [6, 6.07) is 13.6. The fourth-order valence-corrected chi connectivity index (χ4v) is 6.56. The summed E-state index contributed by atoms with van der Waals surface area (Å²) in [5.41, 5.74) is 3.61. The molecule has 35 heavy (non-hydrogen) atoms. The lowest BCUT2D eigenvalue weighted by Crippen LogP contribution is -2.49. The van der Waals surface area contributed by atoms with Crippen molar-refractivity contribution in [1.82, 2.24) is 14.5 Å². The van der Waals surface area contributed by atoms with E-state index >= 15 is 0 Å². The highest BCUT2D eigenvalue weighted by molar-refractivity contribution is 7.91. The zero-order valence-electron chi connectivity index (χ0n) is 20.1. The Hall–Kier alpha value is -2.71. The van der Waals surface area contributed by atoms with Crippen molar-refractivity contribution in [2.75, 3.05) is 25.4 Å². The topological polar surface area (TPSA) is 64.4 Å². The van der Waals surface area contributed by atoms with Gasteiger partial charge in [-0.3, -0.25) is 4.90 Å². The van der Waals surface area contributed by atoms with Gasteiger partial charge in [-0.1, -0.05) is 18.2 Å². The molecule has 186 valence electrons. The number of nitrogens with zero attached hydrogens (tertiary/aromatic N) is 3. The number of aryl methyl sites for hydroxylation is 2. The summed E-state index contributed by atoms with van der Waals surface area (Å²) >= 11 is 0. The summed E-state index contributed by atoms with van der Waals surface area (Å²) in [6.07, 6.45) is 7.56. The molecule has 0 saturated carbocycles. The smallest absolute Gasteiger partial charge is 0.197 e. The third-order valence-electron chi connectivity index (χ3n) is 7.22. The molecule has 0 radical (unpaired) electrons. The van der Waals surface area contributed by atoms with Gasteiger partial charge < -0.3 is 9.30 Å². The highest BCUT2D eigenvalue weighted by Gasteiger charge is 2.36. The zero-order valence-corrected chi connectivity index (χ0v) is 20.9. The highest BCUT2D eigenvalue weighted by Crippen LogP contribution is 2.40. The van der Waals surface area contributed by atoms with E-state index < -0.39 is 9.84 Å². The van der Waals surface area contributed by atoms with Gasteiger partial charge in [0.15, 0.2) is 14.9 Å². The van der Waals surface area contributed by atoms with E-state index in [0.29, 0.717) is 19.1 Å². The second kappa shape index (κ2) is 10.1. The van der Waals surface area contributed by atoms with Gasteiger partial charge in [-0.2, -0.15) is 0 Å². The molecule has 2 aliphatic rings. The van der Waals surface area contributed by atoms with Crippen molar-refractivity contribution in [1.29, 1.82) is 0 Å². The van der Waals surface area contributed by atoms with Crippen LogP contribution in [-0.2, 0) is 29.7 Å². The molecule has 1 saturated heterocycles. The normalized spacial score (nSPS) is 20.3. The van der Waals surface area contributed by atoms with E-state index in [1.807, 2.05) is 12.1 Å². The highest BCUT2D eigenvalue weighted by atomic mass is 32.2. The first-order valence-corrected chi connectivity index (χ1v) is 14.0. The molecule has 0 spiro atoms. The van der Waals surface area contributed by atoms with E-state index in [4.69, 9.17) is 4.74 Å². The lowest BCUT2D eigenvalue weighted by molar-refractivity contribution is 0.0876. The molecule has 1 aliphatic carbocycles. The van der Waals surface area contributed by atoms with E-state index in [0.717, 1.165) is 43.7 Å². The molecule has 0 bridgehead atoms. The Kier molecular flexibility index (Phi) is 6.93. The molecule has 8 heteroatoms. The van der Waals surface area contributed by atoms with Crippen LogP contribution in [0, 0.1) is 5.82 Å². The van der Waals surface area contributed by atoms with Crippen LogP contribution in [0.3, 0.4) is 0 Å². The summed E-state index contributed by atoms with van der Waals surface area (Å²) in [5, 5.41) is 0.103. The number of hydrogen-bond acceptors (Lipinski definition) is 5. The van der Waals surface area contributed by atoms with Crippen LogP contribution in [0.2, 0.25) is 0 Å². The Morgan fingerprint density at radius 2 is 2.03 bits per heavy atom. The number of aromatic nitrogens is 2. The van der Waals surface area contributed by atoms with Crippen LogP contribution in [-0.4, -0.2) is 54.4 Å². The fourth-order valence-electron chi connectivity index (χ4n) is 5.31. The van der Waals surface area contributed by atoms with Crippen LogP contribution < -0.4 is 4.74 Å². The maximum atomic E-state index is 13.9. The second-order valence-corrected chi connectivity index (χ2v) is 11.8. The SMILES string of the molecule is Cn1cnc(S(=O)(=O)CCCOc2ccc3c(c2)C(Cc2cccc(F)c2)C(N2CCC2)CC3)c1. The summed E-state index contributed by atoms with van der Waals surface area (Å²) in [5.74, 6) is 0.826. The summed E-state index contributed by atoms with van der Waals surface area (Å²) in [7, 11) is -1.67. The third kappa shape index (κ3) is 5.43. The molecule has 1 aliphatic heterocycles. The molecule has 2 atom stereocenters. The number of likely N-dealkylation sites (tertiary alicyclic amines) is 1. The number of ether oxygens (including phenoxy) is 1. The molecule has 2 aromatic carbocycles. The van der Waals surface area contributed by atoms with Gasteiger partial charge in [-0.05, 0) is 86.1 Å². The van der Waals surface area contributed by atoms with Gasteiger partial charge >= 0.3 is 0 Å². The van der Waals surface area contributed by atoms with Crippen LogP contribution >= 0.6 is 0 Å². The number of rotatable bonds is 9.